The van der Waals surface area contributed by atoms with Gasteiger partial charge < -0.3 is 14.0 Å². The molecule has 3 aromatic carbocycles. The van der Waals surface area contributed by atoms with Crippen LogP contribution in [0.5, 0.6) is 17.2 Å². The van der Waals surface area contributed by atoms with Crippen molar-refractivity contribution in [1.82, 2.24) is 4.48 Å². The topological polar surface area (TPSA) is 27.7 Å². The maximum atomic E-state index is 15.8. The fourth-order valence-electron chi connectivity index (χ4n) is 4.58. The third kappa shape index (κ3) is 8.19. The molecular weight excluding hydrogens is 490 g/mol. The summed E-state index contributed by atoms with van der Waals surface area (Å²) in [5.74, 6) is -0.742. The molecule has 3 aromatic rings. The van der Waals surface area contributed by atoms with Crippen molar-refractivity contribution in [3.8, 4) is 17.2 Å². The average Bonchev–Trinajstić information content (AvgIpc) is 2.89. The molecule has 38 heavy (non-hydrogen) atoms. The lowest BCUT2D eigenvalue weighted by atomic mass is 10.1. The molecule has 0 fully saturated rings. The summed E-state index contributed by atoms with van der Waals surface area (Å²) in [6.45, 7) is 8.70. The van der Waals surface area contributed by atoms with Crippen LogP contribution < -0.4 is 18.4 Å². The number of hydrogen-bond donors (Lipinski definition) is 0. The second-order valence-electron chi connectivity index (χ2n) is 9.52. The first kappa shape index (κ1) is 29.4. The zero-order valence-electron chi connectivity index (χ0n) is 22.6. The van der Waals surface area contributed by atoms with Crippen molar-refractivity contribution >= 4 is 13.0 Å². The van der Waals surface area contributed by atoms with E-state index in [-0.39, 0.29) is 23.1 Å². The molecular formula is C30H38BF3NO3+. The van der Waals surface area contributed by atoms with E-state index in [4.69, 9.17) is 14.0 Å². The van der Waals surface area contributed by atoms with Crippen LogP contribution in [-0.2, 0) is 0 Å². The summed E-state index contributed by atoms with van der Waals surface area (Å²) in [4.78, 5) is 0. The van der Waals surface area contributed by atoms with E-state index in [0.29, 0.717) is 10.2 Å². The van der Waals surface area contributed by atoms with Crippen LogP contribution in [0.1, 0.15) is 59.3 Å². The monoisotopic (exact) mass is 528 g/mol. The molecule has 0 N–H and O–H groups in total. The Hall–Kier alpha value is -3.13. The molecule has 204 valence electrons. The van der Waals surface area contributed by atoms with Gasteiger partial charge in [-0.25, -0.2) is 13.2 Å². The van der Waals surface area contributed by atoms with Crippen LogP contribution in [0.25, 0.3) is 0 Å². The van der Waals surface area contributed by atoms with Crippen molar-refractivity contribution in [2.45, 2.75) is 59.3 Å². The SMILES string of the molecule is CCCC[N+](CCCC)(CCCC)c1c(F)cccc1OB(Oc1cccc(F)c1)Oc1cccc(F)c1. The van der Waals surface area contributed by atoms with Gasteiger partial charge in [0.1, 0.15) is 23.1 Å². The number of unbranched alkanes of at least 4 members (excludes halogenated alkanes) is 3. The second kappa shape index (κ2) is 14.7. The summed E-state index contributed by atoms with van der Waals surface area (Å²) in [6.07, 6.45) is 5.75. The van der Waals surface area contributed by atoms with Gasteiger partial charge in [0.2, 0.25) is 5.69 Å². The number of para-hydroxylation sites is 1. The maximum Gasteiger partial charge on any atom is 0.864 e. The van der Waals surface area contributed by atoms with E-state index in [0.717, 1.165) is 58.2 Å². The van der Waals surface area contributed by atoms with E-state index in [1.807, 2.05) is 0 Å². The predicted octanol–water partition coefficient (Wildman–Crippen LogP) is 8.33. The number of nitrogens with zero attached hydrogens (tertiary/aromatic N) is 1. The molecule has 3 rings (SSSR count). The van der Waals surface area contributed by atoms with E-state index in [1.54, 1.807) is 24.3 Å². The molecule has 0 atom stereocenters. The number of quaternary nitrogens is 1. The van der Waals surface area contributed by atoms with E-state index in [9.17, 15) is 8.78 Å². The molecule has 0 amide bonds. The van der Waals surface area contributed by atoms with Gasteiger partial charge in [-0.15, -0.1) is 0 Å². The Morgan fingerprint density at radius 1 is 0.632 bits per heavy atom. The summed E-state index contributed by atoms with van der Waals surface area (Å²) in [5.41, 5.74) is 0.457. The van der Waals surface area contributed by atoms with Crippen molar-refractivity contribution in [2.75, 3.05) is 19.6 Å². The summed E-state index contributed by atoms with van der Waals surface area (Å²) < 4.78 is 61.9. The summed E-state index contributed by atoms with van der Waals surface area (Å²) in [6, 6.07) is 15.8. The summed E-state index contributed by atoms with van der Waals surface area (Å²) >= 11 is 0. The Balaban J connectivity index is 2.05. The Morgan fingerprint density at radius 3 is 1.55 bits per heavy atom. The Labute approximate surface area is 225 Å². The lowest BCUT2D eigenvalue weighted by Gasteiger charge is -2.39. The minimum atomic E-state index is -1.43. The third-order valence-corrected chi connectivity index (χ3v) is 6.52. The molecule has 0 aliphatic heterocycles. The maximum absolute atomic E-state index is 15.8. The Morgan fingerprint density at radius 2 is 1.11 bits per heavy atom. The van der Waals surface area contributed by atoms with Gasteiger partial charge in [-0.3, -0.25) is 4.48 Å². The number of rotatable bonds is 16. The fourth-order valence-corrected chi connectivity index (χ4v) is 4.58. The first-order valence-corrected chi connectivity index (χ1v) is 13.6. The van der Waals surface area contributed by atoms with Gasteiger partial charge in [-0.1, -0.05) is 58.2 Å². The van der Waals surface area contributed by atoms with Gasteiger partial charge in [0.15, 0.2) is 11.6 Å². The molecule has 4 nitrogen and oxygen atoms in total. The van der Waals surface area contributed by atoms with Gasteiger partial charge >= 0.3 is 7.32 Å². The van der Waals surface area contributed by atoms with Crippen molar-refractivity contribution in [1.29, 1.82) is 0 Å². The van der Waals surface area contributed by atoms with E-state index in [2.05, 4.69) is 20.8 Å². The Bertz CT molecular complexity index is 1080. The van der Waals surface area contributed by atoms with Crippen LogP contribution in [0.15, 0.2) is 66.7 Å². The zero-order valence-corrected chi connectivity index (χ0v) is 22.6. The highest BCUT2D eigenvalue weighted by Crippen LogP contribution is 2.39. The molecule has 0 saturated carbocycles. The standard InChI is InChI=1S/C30H38BF3NO3/c1-4-7-19-35(20-8-5-2,21-9-6-3)30-28(34)17-12-18-29(30)38-31(36-26-15-10-13-24(32)22-26)37-27-16-11-14-25(33)23-27/h10-18,22-23H,4-9,19-21H2,1-3H3/q+1. The predicted molar refractivity (Wildman–Crippen MR) is 148 cm³/mol. The molecule has 0 aliphatic carbocycles. The van der Waals surface area contributed by atoms with Crippen LogP contribution >= 0.6 is 0 Å². The number of hydrogen-bond acceptors (Lipinski definition) is 3. The van der Waals surface area contributed by atoms with Crippen molar-refractivity contribution < 1.29 is 27.1 Å². The molecule has 0 aromatic heterocycles. The van der Waals surface area contributed by atoms with Crippen LogP contribution in [0.2, 0.25) is 0 Å². The highest BCUT2D eigenvalue weighted by Gasteiger charge is 2.39. The van der Waals surface area contributed by atoms with Crippen LogP contribution in [-0.4, -0.2) is 27.0 Å². The normalized spacial score (nSPS) is 11.3. The molecule has 0 bridgehead atoms. The second-order valence-corrected chi connectivity index (χ2v) is 9.52. The molecule has 0 aliphatic rings. The van der Waals surface area contributed by atoms with Crippen LogP contribution in [0, 0.1) is 17.5 Å². The van der Waals surface area contributed by atoms with Crippen molar-refractivity contribution in [3.05, 3.63) is 84.2 Å². The van der Waals surface area contributed by atoms with Gasteiger partial charge in [0, 0.05) is 12.1 Å². The highest BCUT2D eigenvalue weighted by molar-refractivity contribution is 6.39. The van der Waals surface area contributed by atoms with Gasteiger partial charge in [-0.2, -0.15) is 0 Å². The number of halogens is 3. The van der Waals surface area contributed by atoms with Crippen molar-refractivity contribution in [3.63, 3.8) is 0 Å². The zero-order chi connectivity index (χ0) is 27.4. The van der Waals surface area contributed by atoms with Crippen LogP contribution in [0.3, 0.4) is 0 Å². The van der Waals surface area contributed by atoms with Gasteiger partial charge in [-0.05, 0) is 55.7 Å². The Kier molecular flexibility index (Phi) is 11.4. The summed E-state index contributed by atoms with van der Waals surface area (Å²) in [5, 5.41) is 0. The molecule has 0 heterocycles. The largest absolute Gasteiger partial charge is 0.864 e. The molecule has 0 radical (unpaired) electrons. The van der Waals surface area contributed by atoms with Crippen LogP contribution in [0.4, 0.5) is 18.9 Å². The quantitative estimate of drug-likeness (QED) is 0.138. The first-order chi connectivity index (χ1) is 18.4. The molecule has 0 saturated heterocycles. The van der Waals surface area contributed by atoms with E-state index < -0.39 is 19.0 Å². The van der Waals surface area contributed by atoms with E-state index in [1.165, 1.54) is 42.5 Å². The minimum absolute atomic E-state index is 0.160. The lowest BCUT2D eigenvalue weighted by molar-refractivity contribution is 0.241. The molecule has 0 unspecified atom stereocenters. The van der Waals surface area contributed by atoms with Crippen molar-refractivity contribution in [2.24, 2.45) is 0 Å². The molecule has 8 heteroatoms. The molecule has 0 spiro atoms. The minimum Gasteiger partial charge on any atom is -0.489 e. The highest BCUT2D eigenvalue weighted by atomic mass is 19.1. The van der Waals surface area contributed by atoms with Gasteiger partial charge in [0.25, 0.3) is 0 Å². The van der Waals surface area contributed by atoms with Gasteiger partial charge in [0.05, 0.1) is 19.6 Å². The average molecular weight is 528 g/mol. The number of benzene rings is 3. The first-order valence-electron chi connectivity index (χ1n) is 13.6. The lowest BCUT2D eigenvalue weighted by Crippen LogP contribution is -2.52. The summed E-state index contributed by atoms with van der Waals surface area (Å²) in [7, 11) is -1.43. The van der Waals surface area contributed by atoms with E-state index >= 15 is 4.39 Å². The fraction of sp³-hybridized carbons (Fsp3) is 0.400. The smallest absolute Gasteiger partial charge is 0.489 e. The third-order valence-electron chi connectivity index (χ3n) is 6.52.